The Morgan fingerprint density at radius 2 is 1.74 bits per heavy atom. The second-order valence-corrected chi connectivity index (χ2v) is 6.20. The second kappa shape index (κ2) is 7.45. The second-order valence-electron chi connectivity index (χ2n) is 6.20. The van der Waals surface area contributed by atoms with Gasteiger partial charge in [-0.1, -0.05) is 12.1 Å². The molecule has 27 heavy (non-hydrogen) atoms. The molecule has 0 radical (unpaired) electrons. The number of hydrogen-bond acceptors (Lipinski definition) is 6. The molecule has 1 saturated heterocycles. The number of amides is 1. The van der Waals surface area contributed by atoms with E-state index < -0.39 is 0 Å². The van der Waals surface area contributed by atoms with Crippen LogP contribution in [-0.4, -0.2) is 63.8 Å². The van der Waals surface area contributed by atoms with Gasteiger partial charge in [0.1, 0.15) is 12.1 Å². The molecule has 0 N–H and O–H groups in total. The van der Waals surface area contributed by atoms with E-state index in [-0.39, 0.29) is 5.91 Å². The van der Waals surface area contributed by atoms with Gasteiger partial charge in [-0.05, 0) is 24.3 Å². The van der Waals surface area contributed by atoms with Crippen LogP contribution in [0.4, 0.5) is 5.82 Å². The molecule has 0 unspecified atom stereocenters. The molecule has 4 rings (SSSR count). The van der Waals surface area contributed by atoms with Crippen molar-refractivity contribution in [2.75, 3.05) is 38.2 Å². The fourth-order valence-corrected chi connectivity index (χ4v) is 3.15. The van der Waals surface area contributed by atoms with Crippen molar-refractivity contribution in [3.63, 3.8) is 0 Å². The van der Waals surface area contributed by atoms with Gasteiger partial charge in [-0.25, -0.2) is 4.98 Å². The maximum atomic E-state index is 12.8. The number of para-hydroxylation sites is 1. The van der Waals surface area contributed by atoms with Gasteiger partial charge in [0.05, 0.1) is 12.7 Å². The van der Waals surface area contributed by atoms with E-state index in [2.05, 4.69) is 20.1 Å². The lowest BCUT2D eigenvalue weighted by Crippen LogP contribution is -2.49. The van der Waals surface area contributed by atoms with E-state index in [1.807, 2.05) is 35.4 Å². The zero-order valence-corrected chi connectivity index (χ0v) is 15.0. The van der Waals surface area contributed by atoms with Gasteiger partial charge in [-0.15, -0.1) is 10.2 Å². The quantitative estimate of drug-likeness (QED) is 0.700. The van der Waals surface area contributed by atoms with Crippen molar-refractivity contribution < 1.29 is 9.53 Å². The monoisotopic (exact) mass is 364 g/mol. The third-order valence-electron chi connectivity index (χ3n) is 4.63. The van der Waals surface area contributed by atoms with E-state index >= 15 is 0 Å². The minimum Gasteiger partial charge on any atom is -0.496 e. The predicted octanol–water partition coefficient (Wildman–Crippen LogP) is 1.63. The minimum atomic E-state index is -0.00589. The Balaban J connectivity index is 1.41. The molecule has 8 nitrogen and oxygen atoms in total. The molecule has 2 aromatic heterocycles. The highest BCUT2D eigenvalue weighted by atomic mass is 16.5. The molecule has 1 aliphatic rings. The van der Waals surface area contributed by atoms with Gasteiger partial charge in [-0.3, -0.25) is 9.36 Å². The van der Waals surface area contributed by atoms with Crippen molar-refractivity contribution in [2.45, 2.75) is 0 Å². The average molecular weight is 364 g/mol. The van der Waals surface area contributed by atoms with Crippen molar-refractivity contribution in [2.24, 2.45) is 0 Å². The van der Waals surface area contributed by atoms with Crippen LogP contribution in [0.2, 0.25) is 0 Å². The van der Waals surface area contributed by atoms with Crippen LogP contribution in [0.15, 0.2) is 55.1 Å². The maximum absolute atomic E-state index is 12.8. The topological polar surface area (TPSA) is 76.4 Å². The molecule has 1 aromatic carbocycles. The van der Waals surface area contributed by atoms with Crippen molar-refractivity contribution >= 4 is 11.7 Å². The van der Waals surface area contributed by atoms with Crippen molar-refractivity contribution in [3.8, 4) is 11.6 Å². The Morgan fingerprint density at radius 1 is 1.00 bits per heavy atom. The number of imidazole rings is 1. The molecular formula is C19H20N6O2. The van der Waals surface area contributed by atoms with Gasteiger partial charge in [0.25, 0.3) is 5.91 Å². The van der Waals surface area contributed by atoms with E-state index in [1.54, 1.807) is 36.3 Å². The van der Waals surface area contributed by atoms with Gasteiger partial charge in [-0.2, -0.15) is 0 Å². The zero-order chi connectivity index (χ0) is 18.6. The third kappa shape index (κ3) is 3.46. The number of ether oxygens (including phenoxy) is 1. The first-order valence-electron chi connectivity index (χ1n) is 8.75. The lowest BCUT2D eigenvalue weighted by atomic mass is 10.1. The molecule has 0 atom stereocenters. The fourth-order valence-electron chi connectivity index (χ4n) is 3.15. The van der Waals surface area contributed by atoms with E-state index in [4.69, 9.17) is 4.74 Å². The highest BCUT2D eigenvalue weighted by Gasteiger charge is 2.24. The molecule has 0 spiro atoms. The largest absolute Gasteiger partial charge is 0.496 e. The van der Waals surface area contributed by atoms with Crippen molar-refractivity contribution in [3.05, 3.63) is 60.7 Å². The molecule has 0 saturated carbocycles. The summed E-state index contributed by atoms with van der Waals surface area (Å²) in [6.45, 7) is 2.67. The maximum Gasteiger partial charge on any atom is 0.257 e. The van der Waals surface area contributed by atoms with Gasteiger partial charge in [0.2, 0.25) is 0 Å². The molecule has 0 bridgehead atoms. The van der Waals surface area contributed by atoms with E-state index in [0.29, 0.717) is 37.5 Å². The van der Waals surface area contributed by atoms with Gasteiger partial charge in [0.15, 0.2) is 11.6 Å². The highest BCUT2D eigenvalue weighted by molar-refractivity contribution is 5.97. The lowest BCUT2D eigenvalue weighted by molar-refractivity contribution is 0.0743. The summed E-state index contributed by atoms with van der Waals surface area (Å²) in [5, 5.41) is 8.57. The highest BCUT2D eigenvalue weighted by Crippen LogP contribution is 2.21. The van der Waals surface area contributed by atoms with Gasteiger partial charge >= 0.3 is 0 Å². The molecule has 1 fully saturated rings. The fraction of sp³-hybridized carbons (Fsp3) is 0.263. The Morgan fingerprint density at radius 3 is 2.41 bits per heavy atom. The molecule has 1 aliphatic heterocycles. The van der Waals surface area contributed by atoms with Crippen LogP contribution in [0, 0.1) is 0 Å². The Kier molecular flexibility index (Phi) is 4.69. The number of aromatic nitrogens is 4. The van der Waals surface area contributed by atoms with Crippen LogP contribution in [0.5, 0.6) is 5.75 Å². The van der Waals surface area contributed by atoms with Crippen LogP contribution in [0.3, 0.4) is 0 Å². The number of methoxy groups -OCH3 is 1. The molecule has 3 heterocycles. The molecule has 3 aromatic rings. The Bertz CT molecular complexity index is 902. The van der Waals surface area contributed by atoms with Crippen molar-refractivity contribution in [1.29, 1.82) is 0 Å². The number of benzene rings is 1. The molecule has 0 aliphatic carbocycles. The van der Waals surface area contributed by atoms with Gasteiger partial charge in [0, 0.05) is 38.6 Å². The van der Waals surface area contributed by atoms with Crippen molar-refractivity contribution in [1.82, 2.24) is 24.6 Å². The number of hydrogen-bond donors (Lipinski definition) is 0. The Hall–Kier alpha value is -3.42. The number of rotatable bonds is 4. The number of piperazine rings is 1. The summed E-state index contributed by atoms with van der Waals surface area (Å²) in [6, 6.07) is 11.2. The lowest BCUT2D eigenvalue weighted by Gasteiger charge is -2.35. The normalized spacial score (nSPS) is 14.3. The number of carbonyl (C=O) groups is 1. The van der Waals surface area contributed by atoms with Crippen LogP contribution in [-0.2, 0) is 0 Å². The molecule has 8 heteroatoms. The summed E-state index contributed by atoms with van der Waals surface area (Å²) in [7, 11) is 1.58. The summed E-state index contributed by atoms with van der Waals surface area (Å²) < 4.78 is 7.11. The SMILES string of the molecule is COc1ccccc1C(=O)N1CCN(c2ccc(-n3ccnc3)nn2)CC1. The van der Waals surface area contributed by atoms with E-state index in [1.165, 1.54) is 0 Å². The molecule has 138 valence electrons. The zero-order valence-electron chi connectivity index (χ0n) is 15.0. The van der Waals surface area contributed by atoms with E-state index in [9.17, 15) is 4.79 Å². The van der Waals surface area contributed by atoms with Gasteiger partial charge < -0.3 is 14.5 Å². The summed E-state index contributed by atoms with van der Waals surface area (Å²) in [6.07, 6.45) is 5.21. The minimum absolute atomic E-state index is 0.00589. The van der Waals surface area contributed by atoms with Crippen LogP contribution >= 0.6 is 0 Å². The standard InChI is InChI=1S/C19H20N6O2/c1-27-16-5-3-2-4-15(16)19(26)24-12-10-23(11-13-24)17-6-7-18(22-21-17)25-9-8-20-14-25/h2-9,14H,10-13H2,1H3. The average Bonchev–Trinajstić information content (AvgIpc) is 3.28. The van der Waals surface area contributed by atoms with Crippen LogP contribution in [0.25, 0.3) is 5.82 Å². The summed E-state index contributed by atoms with van der Waals surface area (Å²) in [5.74, 6) is 2.13. The smallest absolute Gasteiger partial charge is 0.257 e. The van der Waals surface area contributed by atoms with Crippen LogP contribution < -0.4 is 9.64 Å². The Labute approximate surface area is 157 Å². The predicted molar refractivity (Wildman–Crippen MR) is 100 cm³/mol. The first-order chi connectivity index (χ1) is 13.3. The number of anilines is 1. The summed E-state index contributed by atoms with van der Waals surface area (Å²) in [5.41, 5.74) is 0.595. The summed E-state index contributed by atoms with van der Waals surface area (Å²) in [4.78, 5) is 20.8. The molecular weight excluding hydrogens is 344 g/mol. The van der Waals surface area contributed by atoms with E-state index in [0.717, 1.165) is 11.6 Å². The third-order valence-corrected chi connectivity index (χ3v) is 4.63. The first kappa shape index (κ1) is 17.0. The number of nitrogens with zero attached hydrogens (tertiary/aromatic N) is 6. The first-order valence-corrected chi connectivity index (χ1v) is 8.75. The summed E-state index contributed by atoms with van der Waals surface area (Å²) >= 11 is 0. The van der Waals surface area contributed by atoms with Crippen LogP contribution in [0.1, 0.15) is 10.4 Å². The molecule has 1 amide bonds. The number of carbonyl (C=O) groups excluding carboxylic acids is 1.